The zero-order chi connectivity index (χ0) is 8.55. The van der Waals surface area contributed by atoms with E-state index >= 15 is 0 Å². The molecule has 1 heterocycles. The molecule has 64 valence electrons. The molecule has 1 N–H and O–H groups in total. The predicted molar refractivity (Wildman–Crippen MR) is 47.0 cm³/mol. The van der Waals surface area contributed by atoms with E-state index in [0.29, 0.717) is 5.92 Å². The Hall–Kier alpha value is -1.05. The lowest BCUT2D eigenvalue weighted by Crippen LogP contribution is -1.83. The van der Waals surface area contributed by atoms with Gasteiger partial charge in [0.25, 0.3) is 0 Å². The molecule has 2 heteroatoms. The second kappa shape index (κ2) is 2.77. The SMILES string of the molecule is CC[C@H]1C[C@@H]1c1cncc(O)c1. The molecule has 0 radical (unpaired) electrons. The molecule has 1 aromatic heterocycles. The number of aromatic nitrogens is 1. The van der Waals surface area contributed by atoms with Crippen molar-refractivity contribution in [1.29, 1.82) is 0 Å². The molecule has 1 aromatic rings. The Balaban J connectivity index is 2.14. The minimum absolute atomic E-state index is 0.286. The third kappa shape index (κ3) is 1.29. The summed E-state index contributed by atoms with van der Waals surface area (Å²) in [7, 11) is 0. The van der Waals surface area contributed by atoms with Crippen molar-refractivity contribution in [3.8, 4) is 5.75 Å². The van der Waals surface area contributed by atoms with Crippen LogP contribution < -0.4 is 0 Å². The molecule has 2 rings (SSSR count). The Morgan fingerprint density at radius 1 is 1.58 bits per heavy atom. The third-order valence-electron chi connectivity index (χ3n) is 2.62. The summed E-state index contributed by atoms with van der Waals surface area (Å²) in [5.41, 5.74) is 1.20. The van der Waals surface area contributed by atoms with Crippen LogP contribution in [0.1, 0.15) is 31.2 Å². The molecular weight excluding hydrogens is 150 g/mol. The number of aromatic hydroxyl groups is 1. The van der Waals surface area contributed by atoms with E-state index in [1.54, 1.807) is 0 Å². The van der Waals surface area contributed by atoms with Crippen LogP contribution in [0.5, 0.6) is 5.75 Å². The van der Waals surface area contributed by atoms with E-state index in [1.807, 2.05) is 12.3 Å². The molecule has 2 atom stereocenters. The highest BCUT2D eigenvalue weighted by molar-refractivity contribution is 5.29. The van der Waals surface area contributed by atoms with Gasteiger partial charge in [0.2, 0.25) is 0 Å². The fourth-order valence-corrected chi connectivity index (χ4v) is 1.75. The number of hydrogen-bond donors (Lipinski definition) is 1. The highest BCUT2D eigenvalue weighted by Crippen LogP contribution is 2.49. The predicted octanol–water partition coefficient (Wildman–Crippen LogP) is 2.30. The standard InChI is InChI=1S/C10H13NO/c1-2-7-4-10(7)8-3-9(12)6-11-5-8/h3,5-7,10,12H,2,4H2,1H3/t7-,10-/m0/s1. The molecular formula is C10H13NO. The van der Waals surface area contributed by atoms with Crippen molar-refractivity contribution in [1.82, 2.24) is 4.98 Å². The van der Waals surface area contributed by atoms with Crippen LogP contribution in [-0.2, 0) is 0 Å². The van der Waals surface area contributed by atoms with Gasteiger partial charge in [0.15, 0.2) is 0 Å². The smallest absolute Gasteiger partial charge is 0.134 e. The van der Waals surface area contributed by atoms with Crippen molar-refractivity contribution in [3.05, 3.63) is 24.0 Å². The van der Waals surface area contributed by atoms with Crippen LogP contribution >= 0.6 is 0 Å². The Bertz CT molecular complexity index is 285. The van der Waals surface area contributed by atoms with Gasteiger partial charge >= 0.3 is 0 Å². The highest BCUT2D eigenvalue weighted by Gasteiger charge is 2.36. The third-order valence-corrected chi connectivity index (χ3v) is 2.62. The van der Waals surface area contributed by atoms with Gasteiger partial charge in [0, 0.05) is 6.20 Å². The van der Waals surface area contributed by atoms with E-state index in [-0.39, 0.29) is 5.75 Å². The van der Waals surface area contributed by atoms with Gasteiger partial charge in [-0.2, -0.15) is 0 Å². The van der Waals surface area contributed by atoms with Gasteiger partial charge < -0.3 is 5.11 Å². The van der Waals surface area contributed by atoms with Gasteiger partial charge in [0.05, 0.1) is 6.20 Å². The second-order valence-corrected chi connectivity index (χ2v) is 3.49. The largest absolute Gasteiger partial charge is 0.506 e. The summed E-state index contributed by atoms with van der Waals surface area (Å²) < 4.78 is 0. The van der Waals surface area contributed by atoms with Crippen LogP contribution in [0, 0.1) is 5.92 Å². The first-order valence-corrected chi connectivity index (χ1v) is 4.45. The van der Waals surface area contributed by atoms with E-state index in [4.69, 9.17) is 0 Å². The molecule has 12 heavy (non-hydrogen) atoms. The first-order chi connectivity index (χ1) is 5.81. The van der Waals surface area contributed by atoms with E-state index in [0.717, 1.165) is 5.92 Å². The van der Waals surface area contributed by atoms with Gasteiger partial charge in [0.1, 0.15) is 5.75 Å². The zero-order valence-electron chi connectivity index (χ0n) is 7.20. The summed E-state index contributed by atoms with van der Waals surface area (Å²) in [5, 5.41) is 9.19. The molecule has 1 aliphatic rings. The molecule has 0 spiro atoms. The Morgan fingerprint density at radius 2 is 2.42 bits per heavy atom. The lowest BCUT2D eigenvalue weighted by molar-refractivity contribution is 0.471. The maximum Gasteiger partial charge on any atom is 0.134 e. The number of pyridine rings is 1. The van der Waals surface area contributed by atoms with E-state index in [9.17, 15) is 5.11 Å². The highest BCUT2D eigenvalue weighted by atomic mass is 16.3. The number of rotatable bonds is 2. The Kier molecular flexibility index (Phi) is 1.75. The summed E-state index contributed by atoms with van der Waals surface area (Å²) in [5.74, 6) is 1.78. The zero-order valence-corrected chi connectivity index (χ0v) is 7.20. The van der Waals surface area contributed by atoms with Crippen LogP contribution in [0.3, 0.4) is 0 Å². The summed E-state index contributed by atoms with van der Waals surface area (Å²) in [4.78, 5) is 3.96. The van der Waals surface area contributed by atoms with Crippen molar-refractivity contribution >= 4 is 0 Å². The van der Waals surface area contributed by atoms with Gasteiger partial charge in [-0.05, 0) is 29.9 Å². The van der Waals surface area contributed by atoms with Gasteiger partial charge in [-0.1, -0.05) is 13.3 Å². The summed E-state index contributed by atoms with van der Waals surface area (Å²) >= 11 is 0. The molecule has 2 nitrogen and oxygen atoms in total. The maximum atomic E-state index is 9.19. The lowest BCUT2D eigenvalue weighted by atomic mass is 10.1. The Morgan fingerprint density at radius 3 is 3.00 bits per heavy atom. The van der Waals surface area contributed by atoms with Crippen molar-refractivity contribution < 1.29 is 5.11 Å². The van der Waals surface area contributed by atoms with E-state index in [2.05, 4.69) is 11.9 Å². The molecule has 0 amide bonds. The second-order valence-electron chi connectivity index (χ2n) is 3.49. The van der Waals surface area contributed by atoms with Crippen LogP contribution in [0.15, 0.2) is 18.5 Å². The minimum atomic E-state index is 0.286. The molecule has 0 bridgehead atoms. The monoisotopic (exact) mass is 163 g/mol. The molecule has 0 saturated heterocycles. The summed E-state index contributed by atoms with van der Waals surface area (Å²) in [6, 6.07) is 1.83. The number of hydrogen-bond acceptors (Lipinski definition) is 2. The van der Waals surface area contributed by atoms with Crippen molar-refractivity contribution in [3.63, 3.8) is 0 Å². The lowest BCUT2D eigenvalue weighted by Gasteiger charge is -1.98. The van der Waals surface area contributed by atoms with Crippen molar-refractivity contribution in [2.45, 2.75) is 25.7 Å². The molecule has 0 aromatic carbocycles. The number of nitrogens with zero attached hydrogens (tertiary/aromatic N) is 1. The molecule has 1 aliphatic carbocycles. The van der Waals surface area contributed by atoms with Crippen LogP contribution in [-0.4, -0.2) is 10.1 Å². The molecule has 0 unspecified atom stereocenters. The molecule has 0 aliphatic heterocycles. The topological polar surface area (TPSA) is 33.1 Å². The average molecular weight is 163 g/mol. The fourth-order valence-electron chi connectivity index (χ4n) is 1.75. The van der Waals surface area contributed by atoms with E-state index in [1.165, 1.54) is 24.6 Å². The maximum absolute atomic E-state index is 9.19. The minimum Gasteiger partial charge on any atom is -0.506 e. The Labute approximate surface area is 72.3 Å². The fraction of sp³-hybridized carbons (Fsp3) is 0.500. The first kappa shape index (κ1) is 7.59. The van der Waals surface area contributed by atoms with Crippen LogP contribution in [0.2, 0.25) is 0 Å². The summed E-state index contributed by atoms with van der Waals surface area (Å²) in [6.45, 7) is 2.21. The van der Waals surface area contributed by atoms with Gasteiger partial charge in [-0.3, -0.25) is 4.98 Å². The van der Waals surface area contributed by atoms with Crippen molar-refractivity contribution in [2.24, 2.45) is 5.92 Å². The average Bonchev–Trinajstić information content (AvgIpc) is 2.83. The van der Waals surface area contributed by atoms with Crippen LogP contribution in [0.25, 0.3) is 0 Å². The van der Waals surface area contributed by atoms with Crippen LogP contribution in [0.4, 0.5) is 0 Å². The van der Waals surface area contributed by atoms with E-state index < -0.39 is 0 Å². The first-order valence-electron chi connectivity index (χ1n) is 4.45. The normalized spacial score (nSPS) is 27.1. The quantitative estimate of drug-likeness (QED) is 0.725. The molecule has 1 saturated carbocycles. The van der Waals surface area contributed by atoms with Gasteiger partial charge in [-0.15, -0.1) is 0 Å². The summed E-state index contributed by atoms with van der Waals surface area (Å²) in [6.07, 6.45) is 5.84. The molecule has 1 fully saturated rings. The van der Waals surface area contributed by atoms with Crippen molar-refractivity contribution in [2.75, 3.05) is 0 Å². The van der Waals surface area contributed by atoms with Gasteiger partial charge in [-0.25, -0.2) is 0 Å².